The van der Waals surface area contributed by atoms with Crippen molar-refractivity contribution in [2.24, 2.45) is 5.92 Å². The van der Waals surface area contributed by atoms with E-state index in [1.54, 1.807) is 11.3 Å². The number of hydrogen-bond donors (Lipinski definition) is 0. The first kappa shape index (κ1) is 8.76. The van der Waals surface area contributed by atoms with Gasteiger partial charge >= 0.3 is 0 Å². The molecule has 1 saturated carbocycles. The second kappa shape index (κ2) is 3.93. The second-order valence-electron chi connectivity index (χ2n) is 3.61. The van der Waals surface area contributed by atoms with E-state index in [2.05, 4.69) is 32.8 Å². The zero-order valence-corrected chi connectivity index (χ0v) is 9.40. The number of hydrogen-bond acceptors (Lipinski definition) is 1. The number of alkyl halides is 1. The van der Waals surface area contributed by atoms with Crippen molar-refractivity contribution in [3.63, 3.8) is 0 Å². The molecule has 2 heteroatoms. The molecule has 0 amide bonds. The Morgan fingerprint density at radius 1 is 1.58 bits per heavy atom. The average Bonchev–Trinajstić information content (AvgIpc) is 2.66. The number of rotatable bonds is 4. The van der Waals surface area contributed by atoms with Crippen LogP contribution in [0.5, 0.6) is 0 Å². The molecule has 1 aromatic heterocycles. The fourth-order valence-corrected chi connectivity index (χ4v) is 3.05. The standard InChI is InChI=1S/C10H13BrS/c11-10(5-8-1-2-8)6-9-3-4-12-7-9/h3-4,7-8,10H,1-2,5-6H2. The summed E-state index contributed by atoms with van der Waals surface area (Å²) < 4.78 is 0. The Hall–Kier alpha value is 0.180. The van der Waals surface area contributed by atoms with E-state index in [-0.39, 0.29) is 0 Å². The summed E-state index contributed by atoms with van der Waals surface area (Å²) in [6.45, 7) is 0. The van der Waals surface area contributed by atoms with E-state index in [1.165, 1.54) is 31.2 Å². The smallest absolute Gasteiger partial charge is 0.0189 e. The van der Waals surface area contributed by atoms with Crippen LogP contribution in [-0.2, 0) is 6.42 Å². The van der Waals surface area contributed by atoms with Gasteiger partial charge in [0, 0.05) is 4.83 Å². The Labute approximate surface area is 86.1 Å². The molecule has 0 spiro atoms. The molecular formula is C10H13BrS. The van der Waals surface area contributed by atoms with Crippen molar-refractivity contribution < 1.29 is 0 Å². The first-order valence-corrected chi connectivity index (χ1v) is 6.35. The van der Waals surface area contributed by atoms with Crippen LogP contribution in [0, 0.1) is 5.92 Å². The molecule has 1 atom stereocenters. The molecule has 0 nitrogen and oxygen atoms in total. The van der Waals surface area contributed by atoms with Crippen LogP contribution in [0.15, 0.2) is 16.8 Å². The Morgan fingerprint density at radius 2 is 2.42 bits per heavy atom. The van der Waals surface area contributed by atoms with Crippen LogP contribution in [0.25, 0.3) is 0 Å². The lowest BCUT2D eigenvalue weighted by atomic mass is 10.1. The average molecular weight is 245 g/mol. The van der Waals surface area contributed by atoms with Crippen molar-refractivity contribution in [3.05, 3.63) is 22.4 Å². The monoisotopic (exact) mass is 244 g/mol. The van der Waals surface area contributed by atoms with Crippen LogP contribution in [-0.4, -0.2) is 4.83 Å². The van der Waals surface area contributed by atoms with Gasteiger partial charge in [-0.25, -0.2) is 0 Å². The van der Waals surface area contributed by atoms with Crippen molar-refractivity contribution in [2.45, 2.75) is 30.5 Å². The highest BCUT2D eigenvalue weighted by molar-refractivity contribution is 9.09. The fourth-order valence-electron chi connectivity index (χ4n) is 1.46. The molecule has 0 radical (unpaired) electrons. The highest BCUT2D eigenvalue weighted by atomic mass is 79.9. The summed E-state index contributed by atoms with van der Waals surface area (Å²) in [6.07, 6.45) is 5.51. The quantitative estimate of drug-likeness (QED) is 0.707. The SMILES string of the molecule is BrC(Cc1ccsc1)CC1CC1. The molecule has 1 fully saturated rings. The first-order valence-electron chi connectivity index (χ1n) is 4.50. The van der Waals surface area contributed by atoms with Gasteiger partial charge in [-0.1, -0.05) is 28.8 Å². The normalized spacial score (nSPS) is 19.4. The molecular weight excluding hydrogens is 232 g/mol. The van der Waals surface area contributed by atoms with Crippen LogP contribution in [0.2, 0.25) is 0 Å². The minimum absolute atomic E-state index is 0.708. The van der Waals surface area contributed by atoms with Gasteiger partial charge in [0.25, 0.3) is 0 Å². The van der Waals surface area contributed by atoms with Gasteiger partial charge in [-0.05, 0) is 41.1 Å². The lowest BCUT2D eigenvalue weighted by Gasteiger charge is -2.06. The molecule has 2 rings (SSSR count). The van der Waals surface area contributed by atoms with E-state index in [1.807, 2.05) is 0 Å². The van der Waals surface area contributed by atoms with Gasteiger partial charge in [0.2, 0.25) is 0 Å². The highest BCUT2D eigenvalue weighted by Gasteiger charge is 2.24. The molecule has 0 aliphatic heterocycles. The molecule has 1 heterocycles. The number of thiophene rings is 1. The summed E-state index contributed by atoms with van der Waals surface area (Å²) in [4.78, 5) is 0.708. The van der Waals surface area contributed by atoms with Crippen LogP contribution >= 0.6 is 27.3 Å². The summed E-state index contributed by atoms with van der Waals surface area (Å²) in [7, 11) is 0. The van der Waals surface area contributed by atoms with Crippen molar-refractivity contribution in [3.8, 4) is 0 Å². The molecule has 0 bridgehead atoms. The van der Waals surface area contributed by atoms with E-state index in [0.717, 1.165) is 5.92 Å². The summed E-state index contributed by atoms with van der Waals surface area (Å²) in [5.74, 6) is 1.04. The zero-order chi connectivity index (χ0) is 8.39. The summed E-state index contributed by atoms with van der Waals surface area (Å²) in [6, 6.07) is 2.23. The Kier molecular flexibility index (Phi) is 2.87. The topological polar surface area (TPSA) is 0 Å². The molecule has 1 aromatic rings. The fraction of sp³-hybridized carbons (Fsp3) is 0.600. The predicted molar refractivity (Wildman–Crippen MR) is 58.1 cm³/mol. The van der Waals surface area contributed by atoms with Crippen LogP contribution in [0.1, 0.15) is 24.8 Å². The molecule has 1 aliphatic carbocycles. The van der Waals surface area contributed by atoms with Gasteiger partial charge in [0.15, 0.2) is 0 Å². The maximum absolute atomic E-state index is 3.74. The van der Waals surface area contributed by atoms with Gasteiger partial charge in [-0.15, -0.1) is 0 Å². The van der Waals surface area contributed by atoms with Crippen molar-refractivity contribution in [1.29, 1.82) is 0 Å². The second-order valence-corrected chi connectivity index (χ2v) is 5.69. The van der Waals surface area contributed by atoms with Gasteiger partial charge < -0.3 is 0 Å². The van der Waals surface area contributed by atoms with Crippen molar-refractivity contribution in [1.82, 2.24) is 0 Å². The van der Waals surface area contributed by atoms with Crippen LogP contribution in [0.4, 0.5) is 0 Å². The van der Waals surface area contributed by atoms with Crippen LogP contribution in [0.3, 0.4) is 0 Å². The first-order chi connectivity index (χ1) is 5.84. The Bertz CT molecular complexity index is 226. The third-order valence-electron chi connectivity index (χ3n) is 2.32. The zero-order valence-electron chi connectivity index (χ0n) is 7.00. The van der Waals surface area contributed by atoms with E-state index < -0.39 is 0 Å². The highest BCUT2D eigenvalue weighted by Crippen LogP contribution is 2.36. The summed E-state index contributed by atoms with van der Waals surface area (Å²) in [5.41, 5.74) is 1.49. The predicted octanol–water partition coefficient (Wildman–Crippen LogP) is 3.85. The van der Waals surface area contributed by atoms with E-state index in [0.29, 0.717) is 4.83 Å². The third-order valence-corrected chi connectivity index (χ3v) is 3.75. The Balaban J connectivity index is 1.77. The third kappa shape index (κ3) is 2.60. The Morgan fingerprint density at radius 3 is 3.00 bits per heavy atom. The van der Waals surface area contributed by atoms with E-state index in [4.69, 9.17) is 0 Å². The maximum atomic E-state index is 3.74. The lowest BCUT2D eigenvalue weighted by Crippen LogP contribution is -2.02. The van der Waals surface area contributed by atoms with Crippen LogP contribution < -0.4 is 0 Å². The summed E-state index contributed by atoms with van der Waals surface area (Å²) in [5, 5.41) is 4.41. The molecule has 0 saturated heterocycles. The lowest BCUT2D eigenvalue weighted by molar-refractivity contribution is 0.691. The minimum Gasteiger partial charge on any atom is -0.152 e. The van der Waals surface area contributed by atoms with Crippen molar-refractivity contribution >= 4 is 27.3 Å². The van der Waals surface area contributed by atoms with Gasteiger partial charge in [-0.3, -0.25) is 0 Å². The summed E-state index contributed by atoms with van der Waals surface area (Å²) >= 11 is 5.54. The van der Waals surface area contributed by atoms with Gasteiger partial charge in [0.05, 0.1) is 0 Å². The molecule has 66 valence electrons. The van der Waals surface area contributed by atoms with Gasteiger partial charge in [0.1, 0.15) is 0 Å². The van der Waals surface area contributed by atoms with E-state index in [9.17, 15) is 0 Å². The maximum Gasteiger partial charge on any atom is 0.0189 e. The molecule has 0 aromatic carbocycles. The largest absolute Gasteiger partial charge is 0.152 e. The molecule has 1 unspecified atom stereocenters. The minimum atomic E-state index is 0.708. The van der Waals surface area contributed by atoms with E-state index >= 15 is 0 Å². The number of halogens is 1. The molecule has 1 aliphatic rings. The molecule has 12 heavy (non-hydrogen) atoms. The van der Waals surface area contributed by atoms with Crippen molar-refractivity contribution in [2.75, 3.05) is 0 Å². The molecule has 0 N–H and O–H groups in total. The van der Waals surface area contributed by atoms with Gasteiger partial charge in [-0.2, -0.15) is 11.3 Å².